The molecule has 0 aromatic heterocycles. The molecule has 178 valence electrons. The molecule has 0 bridgehead atoms. The summed E-state index contributed by atoms with van der Waals surface area (Å²) in [5, 5.41) is 11.8. The highest BCUT2D eigenvalue weighted by Gasteiger charge is 2.42. The number of carbonyl (C=O) groups is 1. The van der Waals surface area contributed by atoms with Crippen molar-refractivity contribution < 1.29 is 14.6 Å². The smallest absolute Gasteiger partial charge is 0.213 e. The van der Waals surface area contributed by atoms with Crippen molar-refractivity contribution in [1.29, 1.82) is 0 Å². The minimum absolute atomic E-state index is 0.429. The van der Waals surface area contributed by atoms with Gasteiger partial charge in [0.15, 0.2) is 0 Å². The monoisotopic (exact) mass is 472 g/mol. The van der Waals surface area contributed by atoms with Crippen LogP contribution >= 0.6 is 0 Å². The molecule has 0 saturated heterocycles. The standard InChI is InChI=1S/C30H36O3Si/c1-23(2)34(24(3)4,25(5)6)22-20-30(32,28-11-9-8-10-12-28)19-17-27(18-21-31)26-13-15-29(33-7)16-14-26/h8-16,18,21,23-25,32H,1-7H3/b27-18+. The third-order valence-electron chi connectivity index (χ3n) is 6.53. The maximum atomic E-state index is 11.8. The number of allylic oxidation sites excluding steroid dienone is 2. The summed E-state index contributed by atoms with van der Waals surface area (Å²) in [4.78, 5) is 11.3. The Bertz CT molecular complexity index is 1090. The summed E-state index contributed by atoms with van der Waals surface area (Å²) >= 11 is 0. The largest absolute Gasteiger partial charge is 0.497 e. The van der Waals surface area contributed by atoms with Gasteiger partial charge in [-0.15, -0.1) is 5.54 Å². The summed E-state index contributed by atoms with van der Waals surface area (Å²) in [6.45, 7) is 13.4. The van der Waals surface area contributed by atoms with E-state index in [0.29, 0.717) is 39.8 Å². The van der Waals surface area contributed by atoms with Gasteiger partial charge in [-0.1, -0.05) is 95.8 Å². The van der Waals surface area contributed by atoms with Gasteiger partial charge in [0, 0.05) is 11.1 Å². The molecule has 0 aliphatic rings. The molecule has 1 atom stereocenters. The number of carbonyl (C=O) groups excluding carboxylic acids is 1. The van der Waals surface area contributed by atoms with Gasteiger partial charge < -0.3 is 9.84 Å². The van der Waals surface area contributed by atoms with E-state index in [1.165, 1.54) is 6.08 Å². The summed E-state index contributed by atoms with van der Waals surface area (Å²) in [6.07, 6.45) is 2.11. The molecule has 1 N–H and O–H groups in total. The van der Waals surface area contributed by atoms with Crippen molar-refractivity contribution in [3.05, 3.63) is 71.8 Å². The van der Waals surface area contributed by atoms with E-state index in [4.69, 9.17) is 4.74 Å². The predicted molar refractivity (Wildman–Crippen MR) is 144 cm³/mol. The highest BCUT2D eigenvalue weighted by molar-refractivity contribution is 6.90. The van der Waals surface area contributed by atoms with Gasteiger partial charge in [0.1, 0.15) is 20.1 Å². The maximum Gasteiger partial charge on any atom is 0.213 e. The summed E-state index contributed by atoms with van der Waals surface area (Å²) in [5.74, 6) is 9.99. The molecule has 34 heavy (non-hydrogen) atoms. The molecule has 2 rings (SSSR count). The zero-order valence-electron chi connectivity index (χ0n) is 21.3. The molecule has 2 aromatic rings. The molecule has 0 amide bonds. The molecule has 1 unspecified atom stereocenters. The van der Waals surface area contributed by atoms with E-state index in [2.05, 4.69) is 64.8 Å². The van der Waals surface area contributed by atoms with Crippen LogP contribution in [0.5, 0.6) is 5.75 Å². The Balaban J connectivity index is 2.68. The van der Waals surface area contributed by atoms with Gasteiger partial charge in [-0.05, 0) is 46.3 Å². The van der Waals surface area contributed by atoms with E-state index >= 15 is 0 Å². The molecule has 0 spiro atoms. The number of aldehydes is 1. The van der Waals surface area contributed by atoms with E-state index in [0.717, 1.165) is 5.56 Å². The Morgan fingerprint density at radius 1 is 0.912 bits per heavy atom. The van der Waals surface area contributed by atoms with Gasteiger partial charge in [0.2, 0.25) is 5.60 Å². The summed E-state index contributed by atoms with van der Waals surface area (Å²) in [6, 6.07) is 16.6. The fraction of sp³-hybridized carbons (Fsp3) is 0.367. The molecular weight excluding hydrogens is 436 g/mol. The average Bonchev–Trinajstić information content (AvgIpc) is 2.82. The maximum absolute atomic E-state index is 11.8. The number of methoxy groups -OCH3 is 1. The predicted octanol–water partition coefficient (Wildman–Crippen LogP) is 6.39. The van der Waals surface area contributed by atoms with Crippen molar-refractivity contribution >= 4 is 19.9 Å². The molecule has 0 saturated carbocycles. The molecule has 0 aliphatic heterocycles. The van der Waals surface area contributed by atoms with Gasteiger partial charge in [-0.2, -0.15) is 0 Å². The lowest BCUT2D eigenvalue weighted by molar-refractivity contribution is -0.104. The summed E-state index contributed by atoms with van der Waals surface area (Å²) in [5.41, 5.74) is 5.13. The minimum atomic E-state index is -2.09. The highest BCUT2D eigenvalue weighted by Crippen LogP contribution is 2.41. The molecular formula is C30H36O3Si. The van der Waals surface area contributed by atoms with Gasteiger partial charge in [0.25, 0.3) is 0 Å². The van der Waals surface area contributed by atoms with Crippen LogP contribution in [0.2, 0.25) is 16.6 Å². The third-order valence-corrected chi connectivity index (χ3v) is 12.8. The van der Waals surface area contributed by atoms with Crippen molar-refractivity contribution in [1.82, 2.24) is 0 Å². The lowest BCUT2D eigenvalue weighted by Crippen LogP contribution is -2.43. The number of benzene rings is 2. The lowest BCUT2D eigenvalue weighted by Gasteiger charge is -2.38. The SMILES string of the molecule is COc1ccc(/C(C#CC(O)(C#C[Si](C(C)C)(C(C)C)C(C)C)c2ccccc2)=C/C=O)cc1. The van der Waals surface area contributed by atoms with Crippen molar-refractivity contribution in [3.8, 4) is 29.1 Å². The Hall–Kier alpha value is -3.05. The van der Waals surface area contributed by atoms with Crippen molar-refractivity contribution in [2.24, 2.45) is 0 Å². The van der Waals surface area contributed by atoms with E-state index in [1.54, 1.807) is 7.11 Å². The second-order valence-electron chi connectivity index (χ2n) is 9.42. The molecule has 0 fully saturated rings. The number of rotatable bonds is 7. The van der Waals surface area contributed by atoms with Crippen molar-refractivity contribution in [2.75, 3.05) is 7.11 Å². The first kappa shape index (κ1) is 27.2. The number of hydrogen-bond donors (Lipinski definition) is 1. The first-order valence-corrected chi connectivity index (χ1v) is 14.0. The number of ether oxygens (including phenoxy) is 1. The Kier molecular flexibility index (Phi) is 9.51. The molecule has 0 heterocycles. The van der Waals surface area contributed by atoms with Gasteiger partial charge in [-0.25, -0.2) is 0 Å². The first-order chi connectivity index (χ1) is 16.1. The van der Waals surface area contributed by atoms with Gasteiger partial charge in [-0.3, -0.25) is 4.79 Å². The van der Waals surface area contributed by atoms with Crippen LogP contribution in [0.4, 0.5) is 0 Å². The fourth-order valence-electron chi connectivity index (χ4n) is 4.69. The van der Waals surface area contributed by atoms with Gasteiger partial charge in [0.05, 0.1) is 7.11 Å². The number of aliphatic hydroxyl groups is 1. The Morgan fingerprint density at radius 2 is 1.47 bits per heavy atom. The topological polar surface area (TPSA) is 46.5 Å². The van der Waals surface area contributed by atoms with Crippen molar-refractivity contribution in [3.63, 3.8) is 0 Å². The van der Waals surface area contributed by atoms with Crippen LogP contribution in [0.15, 0.2) is 60.7 Å². The normalized spacial score (nSPS) is 13.6. The van der Waals surface area contributed by atoms with Crippen LogP contribution in [0, 0.1) is 23.3 Å². The van der Waals surface area contributed by atoms with E-state index < -0.39 is 13.7 Å². The number of hydrogen-bond acceptors (Lipinski definition) is 3. The van der Waals surface area contributed by atoms with Crippen LogP contribution in [-0.4, -0.2) is 26.6 Å². The molecule has 0 aliphatic carbocycles. The average molecular weight is 473 g/mol. The summed E-state index contributed by atoms with van der Waals surface area (Å²) in [7, 11) is -0.488. The Morgan fingerprint density at radius 3 is 1.94 bits per heavy atom. The quantitative estimate of drug-likeness (QED) is 0.220. The zero-order chi connectivity index (χ0) is 25.4. The minimum Gasteiger partial charge on any atom is -0.497 e. The first-order valence-electron chi connectivity index (χ1n) is 11.8. The van der Waals surface area contributed by atoms with E-state index in [9.17, 15) is 9.90 Å². The van der Waals surface area contributed by atoms with E-state index in [-0.39, 0.29) is 0 Å². The van der Waals surface area contributed by atoms with Gasteiger partial charge >= 0.3 is 0 Å². The second kappa shape index (κ2) is 11.9. The second-order valence-corrected chi connectivity index (χ2v) is 15.0. The molecule has 2 aromatic carbocycles. The third kappa shape index (κ3) is 6.09. The molecule has 0 radical (unpaired) electrons. The highest BCUT2D eigenvalue weighted by atomic mass is 28.3. The van der Waals surface area contributed by atoms with Crippen LogP contribution < -0.4 is 4.74 Å². The Labute approximate surface area is 206 Å². The fourth-order valence-corrected chi connectivity index (χ4v) is 9.96. The van der Waals surface area contributed by atoms with Crippen molar-refractivity contribution in [2.45, 2.75) is 63.8 Å². The van der Waals surface area contributed by atoms with Crippen LogP contribution in [0.25, 0.3) is 5.57 Å². The molecule has 3 nitrogen and oxygen atoms in total. The lowest BCUT2D eigenvalue weighted by atomic mass is 9.94. The van der Waals surface area contributed by atoms with Crippen LogP contribution in [0.1, 0.15) is 52.7 Å². The molecule has 4 heteroatoms. The summed E-state index contributed by atoms with van der Waals surface area (Å²) < 4.78 is 5.22. The van der Waals surface area contributed by atoms with Crippen LogP contribution in [0.3, 0.4) is 0 Å². The zero-order valence-corrected chi connectivity index (χ0v) is 22.3. The van der Waals surface area contributed by atoms with Crippen LogP contribution in [-0.2, 0) is 10.4 Å². The van der Waals surface area contributed by atoms with E-state index in [1.807, 2.05) is 54.6 Å².